The lowest BCUT2D eigenvalue weighted by Gasteiger charge is -2.15. The number of hydrogen-bond acceptors (Lipinski definition) is 4. The van der Waals surface area contributed by atoms with E-state index in [1.54, 1.807) is 0 Å². The maximum atomic E-state index is 6.16. The van der Waals surface area contributed by atoms with Crippen molar-refractivity contribution in [2.45, 2.75) is 19.9 Å². The van der Waals surface area contributed by atoms with Gasteiger partial charge in [0.25, 0.3) is 0 Å². The molecule has 2 aromatic carbocycles. The Labute approximate surface area is 146 Å². The molecule has 0 radical (unpaired) electrons. The van der Waals surface area contributed by atoms with Crippen LogP contribution in [0.1, 0.15) is 24.1 Å². The van der Waals surface area contributed by atoms with Gasteiger partial charge >= 0.3 is 0 Å². The zero-order valence-corrected chi connectivity index (χ0v) is 14.4. The Hall–Kier alpha value is -2.59. The largest absolute Gasteiger partial charge is 0.363 e. The van der Waals surface area contributed by atoms with Crippen LogP contribution in [-0.4, -0.2) is 9.97 Å². The molecule has 0 aliphatic heterocycles. The molecule has 1 aromatic heterocycles. The fourth-order valence-corrected chi connectivity index (χ4v) is 2.55. The van der Waals surface area contributed by atoms with E-state index in [2.05, 4.69) is 39.7 Å². The number of halogens is 1. The molecule has 0 amide bonds. The third kappa shape index (κ3) is 4.03. The summed E-state index contributed by atoms with van der Waals surface area (Å²) in [5, 5.41) is 7.36. The molecular weight excluding hydrogens is 320 g/mol. The van der Waals surface area contributed by atoms with Crippen LogP contribution in [0.15, 0.2) is 60.9 Å². The zero-order valence-electron chi connectivity index (χ0n) is 13.6. The standard InChI is InChI=1S/C19H19ClN4/c1-13-8-9-16(10-17(13)20)24-19-11-18(21-12-22-19)23-14(2)15-6-4-3-5-7-15/h3-12,14H,1-2H3,(H2,21,22,23,24). The molecule has 3 rings (SSSR count). The van der Waals surface area contributed by atoms with E-state index in [-0.39, 0.29) is 6.04 Å². The summed E-state index contributed by atoms with van der Waals surface area (Å²) in [7, 11) is 0. The summed E-state index contributed by atoms with van der Waals surface area (Å²) in [5.41, 5.74) is 3.14. The van der Waals surface area contributed by atoms with Gasteiger partial charge in [0.15, 0.2) is 0 Å². The molecule has 1 unspecified atom stereocenters. The second-order valence-electron chi connectivity index (χ2n) is 5.65. The number of rotatable bonds is 5. The molecule has 0 saturated heterocycles. The molecule has 1 atom stereocenters. The molecule has 2 N–H and O–H groups in total. The smallest absolute Gasteiger partial charge is 0.135 e. The molecule has 24 heavy (non-hydrogen) atoms. The van der Waals surface area contributed by atoms with Crippen molar-refractivity contribution in [3.05, 3.63) is 77.1 Å². The minimum Gasteiger partial charge on any atom is -0.363 e. The van der Waals surface area contributed by atoms with Gasteiger partial charge in [-0.2, -0.15) is 0 Å². The van der Waals surface area contributed by atoms with Crippen molar-refractivity contribution in [3.8, 4) is 0 Å². The van der Waals surface area contributed by atoms with Gasteiger partial charge in [-0.15, -0.1) is 0 Å². The number of nitrogens with one attached hydrogen (secondary N) is 2. The molecule has 4 nitrogen and oxygen atoms in total. The van der Waals surface area contributed by atoms with Crippen LogP contribution in [0.5, 0.6) is 0 Å². The average Bonchev–Trinajstić information content (AvgIpc) is 2.59. The highest BCUT2D eigenvalue weighted by molar-refractivity contribution is 6.31. The molecule has 1 heterocycles. The number of aryl methyl sites for hydroxylation is 1. The van der Waals surface area contributed by atoms with Gasteiger partial charge < -0.3 is 10.6 Å². The van der Waals surface area contributed by atoms with E-state index >= 15 is 0 Å². The van der Waals surface area contributed by atoms with Crippen LogP contribution < -0.4 is 10.6 Å². The molecule has 0 aliphatic carbocycles. The number of aromatic nitrogens is 2. The average molecular weight is 339 g/mol. The first-order valence-electron chi connectivity index (χ1n) is 7.78. The highest BCUT2D eigenvalue weighted by Gasteiger charge is 2.07. The van der Waals surface area contributed by atoms with Crippen molar-refractivity contribution in [1.82, 2.24) is 9.97 Å². The lowest BCUT2D eigenvalue weighted by Crippen LogP contribution is -2.08. The van der Waals surface area contributed by atoms with E-state index in [1.807, 2.05) is 49.4 Å². The molecule has 5 heteroatoms. The highest BCUT2D eigenvalue weighted by atomic mass is 35.5. The van der Waals surface area contributed by atoms with Crippen molar-refractivity contribution < 1.29 is 0 Å². The first-order chi connectivity index (χ1) is 11.6. The third-order valence-corrected chi connectivity index (χ3v) is 4.18. The highest BCUT2D eigenvalue weighted by Crippen LogP contribution is 2.24. The predicted octanol–water partition coefficient (Wildman–Crippen LogP) is 5.36. The molecule has 0 bridgehead atoms. The van der Waals surface area contributed by atoms with Crippen LogP contribution in [0.25, 0.3) is 0 Å². The van der Waals surface area contributed by atoms with Gasteiger partial charge in [0, 0.05) is 22.8 Å². The fourth-order valence-electron chi connectivity index (χ4n) is 2.37. The van der Waals surface area contributed by atoms with Crippen molar-refractivity contribution in [2.24, 2.45) is 0 Å². The molecule has 0 spiro atoms. The number of anilines is 3. The van der Waals surface area contributed by atoms with E-state index < -0.39 is 0 Å². The van der Waals surface area contributed by atoms with Crippen molar-refractivity contribution in [3.63, 3.8) is 0 Å². The van der Waals surface area contributed by atoms with E-state index in [0.29, 0.717) is 5.82 Å². The number of benzene rings is 2. The van der Waals surface area contributed by atoms with Crippen LogP contribution in [0, 0.1) is 6.92 Å². The van der Waals surface area contributed by atoms with Crippen molar-refractivity contribution in [1.29, 1.82) is 0 Å². The summed E-state index contributed by atoms with van der Waals surface area (Å²) in [6, 6.07) is 18.1. The van der Waals surface area contributed by atoms with Gasteiger partial charge in [-0.25, -0.2) is 9.97 Å². The Morgan fingerprint density at radius 2 is 1.71 bits per heavy atom. The van der Waals surface area contributed by atoms with Gasteiger partial charge in [-0.3, -0.25) is 0 Å². The Bertz CT molecular complexity index is 821. The van der Waals surface area contributed by atoms with Gasteiger partial charge in [0.2, 0.25) is 0 Å². The zero-order chi connectivity index (χ0) is 16.9. The second-order valence-corrected chi connectivity index (χ2v) is 6.06. The van der Waals surface area contributed by atoms with E-state index in [9.17, 15) is 0 Å². The maximum absolute atomic E-state index is 6.16. The van der Waals surface area contributed by atoms with Crippen LogP contribution in [-0.2, 0) is 0 Å². The molecule has 0 saturated carbocycles. The number of nitrogens with zero attached hydrogens (tertiary/aromatic N) is 2. The quantitative estimate of drug-likeness (QED) is 0.658. The Morgan fingerprint density at radius 1 is 0.958 bits per heavy atom. The second kappa shape index (κ2) is 7.32. The first kappa shape index (κ1) is 16.3. The topological polar surface area (TPSA) is 49.8 Å². The lowest BCUT2D eigenvalue weighted by atomic mass is 10.1. The van der Waals surface area contributed by atoms with Gasteiger partial charge in [0.1, 0.15) is 18.0 Å². The minimum atomic E-state index is 0.155. The summed E-state index contributed by atoms with van der Waals surface area (Å²) < 4.78 is 0. The number of hydrogen-bond donors (Lipinski definition) is 2. The van der Waals surface area contributed by atoms with E-state index in [1.165, 1.54) is 11.9 Å². The maximum Gasteiger partial charge on any atom is 0.135 e. The van der Waals surface area contributed by atoms with Crippen molar-refractivity contribution >= 4 is 28.9 Å². The van der Waals surface area contributed by atoms with Gasteiger partial charge in [-0.05, 0) is 37.1 Å². The van der Waals surface area contributed by atoms with Crippen LogP contribution in [0.3, 0.4) is 0 Å². The van der Waals surface area contributed by atoms with Crippen LogP contribution >= 0.6 is 11.6 Å². The molecule has 0 fully saturated rings. The third-order valence-electron chi connectivity index (χ3n) is 3.78. The van der Waals surface area contributed by atoms with Crippen LogP contribution in [0.4, 0.5) is 17.3 Å². The normalized spacial score (nSPS) is 11.8. The SMILES string of the molecule is Cc1ccc(Nc2cc(NC(C)c3ccccc3)ncn2)cc1Cl. The fraction of sp³-hybridized carbons (Fsp3) is 0.158. The predicted molar refractivity (Wildman–Crippen MR) is 100.0 cm³/mol. The summed E-state index contributed by atoms with van der Waals surface area (Å²) in [5.74, 6) is 1.48. The van der Waals surface area contributed by atoms with Gasteiger partial charge in [0.05, 0.1) is 0 Å². The monoisotopic (exact) mass is 338 g/mol. The Morgan fingerprint density at radius 3 is 2.46 bits per heavy atom. The molecular formula is C19H19ClN4. The van der Waals surface area contributed by atoms with E-state index in [0.717, 1.165) is 22.1 Å². The summed E-state index contributed by atoms with van der Waals surface area (Å²) in [6.45, 7) is 4.08. The molecule has 3 aromatic rings. The Balaban J connectivity index is 1.73. The minimum absolute atomic E-state index is 0.155. The van der Waals surface area contributed by atoms with Crippen molar-refractivity contribution in [2.75, 3.05) is 10.6 Å². The summed E-state index contributed by atoms with van der Waals surface area (Å²) in [6.07, 6.45) is 1.54. The summed E-state index contributed by atoms with van der Waals surface area (Å²) >= 11 is 6.16. The molecule has 122 valence electrons. The Kier molecular flexibility index (Phi) is 4.96. The van der Waals surface area contributed by atoms with Crippen LogP contribution in [0.2, 0.25) is 5.02 Å². The first-order valence-corrected chi connectivity index (χ1v) is 8.16. The molecule has 0 aliphatic rings. The van der Waals surface area contributed by atoms with E-state index in [4.69, 9.17) is 11.6 Å². The lowest BCUT2D eigenvalue weighted by molar-refractivity contribution is 0.872. The van der Waals surface area contributed by atoms with Gasteiger partial charge in [-0.1, -0.05) is 48.0 Å². The summed E-state index contributed by atoms with van der Waals surface area (Å²) in [4.78, 5) is 8.55.